The number of hydrogen-bond donors (Lipinski definition) is 2. The van der Waals surface area contributed by atoms with Crippen molar-refractivity contribution >= 4 is 23.6 Å². The molecule has 0 aromatic heterocycles. The van der Waals surface area contributed by atoms with E-state index in [2.05, 4.69) is 5.32 Å². The van der Waals surface area contributed by atoms with Gasteiger partial charge in [0.2, 0.25) is 17.7 Å². The Bertz CT molecular complexity index is 698. The largest absolute Gasteiger partial charge is 0.369 e. The van der Waals surface area contributed by atoms with Gasteiger partial charge >= 0.3 is 0 Å². The zero-order valence-electron chi connectivity index (χ0n) is 11.8. The predicted molar refractivity (Wildman–Crippen MR) is 75.4 cm³/mol. The number of imide groups is 1. The lowest BCUT2D eigenvalue weighted by molar-refractivity contribution is -0.137. The Balaban J connectivity index is 1.83. The van der Waals surface area contributed by atoms with Crippen LogP contribution in [0.4, 0.5) is 0 Å². The summed E-state index contributed by atoms with van der Waals surface area (Å²) < 4.78 is 0. The molecule has 1 saturated heterocycles. The van der Waals surface area contributed by atoms with Crippen LogP contribution in [0.1, 0.15) is 34.3 Å². The third-order valence-corrected chi connectivity index (χ3v) is 3.97. The van der Waals surface area contributed by atoms with Gasteiger partial charge in [-0.05, 0) is 23.6 Å². The Kier molecular flexibility index (Phi) is 3.40. The van der Waals surface area contributed by atoms with Crippen LogP contribution in [-0.2, 0) is 27.3 Å². The summed E-state index contributed by atoms with van der Waals surface area (Å²) in [5.41, 5.74) is 7.21. The van der Waals surface area contributed by atoms with Crippen molar-refractivity contribution in [2.75, 3.05) is 0 Å². The maximum Gasteiger partial charge on any atom is 0.255 e. The lowest BCUT2D eigenvalue weighted by Gasteiger charge is -2.29. The van der Waals surface area contributed by atoms with Gasteiger partial charge in [0.15, 0.2) is 0 Å². The zero-order chi connectivity index (χ0) is 15.9. The van der Waals surface area contributed by atoms with Gasteiger partial charge < -0.3 is 10.6 Å². The summed E-state index contributed by atoms with van der Waals surface area (Å²) in [5, 5.41) is 2.26. The van der Waals surface area contributed by atoms with Crippen molar-refractivity contribution in [3.05, 3.63) is 34.9 Å². The van der Waals surface area contributed by atoms with Crippen molar-refractivity contribution in [3.63, 3.8) is 0 Å². The van der Waals surface area contributed by atoms with E-state index in [4.69, 9.17) is 5.73 Å². The summed E-state index contributed by atoms with van der Waals surface area (Å²) in [5.74, 6) is -1.41. The van der Waals surface area contributed by atoms with Gasteiger partial charge in [-0.15, -0.1) is 0 Å². The van der Waals surface area contributed by atoms with Crippen LogP contribution >= 0.6 is 0 Å². The second-order valence-corrected chi connectivity index (χ2v) is 5.53. The maximum atomic E-state index is 12.4. The molecular formula is C15H15N3O4. The molecule has 3 rings (SSSR count). The Labute approximate surface area is 126 Å². The van der Waals surface area contributed by atoms with Gasteiger partial charge in [-0.25, -0.2) is 0 Å². The number of benzene rings is 1. The average molecular weight is 301 g/mol. The zero-order valence-corrected chi connectivity index (χ0v) is 11.8. The third-order valence-electron chi connectivity index (χ3n) is 3.97. The minimum Gasteiger partial charge on any atom is -0.369 e. The van der Waals surface area contributed by atoms with Gasteiger partial charge in [0.25, 0.3) is 5.91 Å². The molecule has 7 heteroatoms. The van der Waals surface area contributed by atoms with E-state index in [1.807, 2.05) is 0 Å². The highest BCUT2D eigenvalue weighted by Gasteiger charge is 2.38. The molecule has 0 aliphatic carbocycles. The number of nitrogens with zero attached hydrogens (tertiary/aromatic N) is 1. The van der Waals surface area contributed by atoms with E-state index >= 15 is 0 Å². The van der Waals surface area contributed by atoms with Gasteiger partial charge in [0, 0.05) is 18.5 Å². The molecule has 7 nitrogen and oxygen atoms in total. The van der Waals surface area contributed by atoms with Crippen LogP contribution in [0.5, 0.6) is 0 Å². The molecule has 3 N–H and O–H groups in total. The van der Waals surface area contributed by atoms with E-state index in [0.717, 1.165) is 11.1 Å². The normalized spacial score (nSPS) is 20.8. The standard InChI is InChI=1S/C15H15N3O4/c16-12(19)6-8-1-2-10-9(5-8)7-18(15(10)22)11-3-4-13(20)17-14(11)21/h1-2,5,11H,3-4,6-7H2,(H2,16,19)(H,17,20,21). The van der Waals surface area contributed by atoms with Crippen LogP contribution in [0.25, 0.3) is 0 Å². The SMILES string of the molecule is NC(=O)Cc1ccc2c(c1)CN(C1CCC(=O)NC1=O)C2=O. The summed E-state index contributed by atoms with van der Waals surface area (Å²) in [4.78, 5) is 48.0. The van der Waals surface area contributed by atoms with Crippen LogP contribution in [0.2, 0.25) is 0 Å². The molecule has 1 fully saturated rings. The average Bonchev–Trinajstić information content (AvgIpc) is 2.75. The van der Waals surface area contributed by atoms with Crippen molar-refractivity contribution < 1.29 is 19.2 Å². The number of nitrogens with one attached hydrogen (secondary N) is 1. The van der Waals surface area contributed by atoms with Crippen molar-refractivity contribution in [2.45, 2.75) is 31.8 Å². The summed E-state index contributed by atoms with van der Waals surface area (Å²) in [6.45, 7) is 0.299. The smallest absolute Gasteiger partial charge is 0.255 e. The second kappa shape index (κ2) is 5.25. The first-order valence-electron chi connectivity index (χ1n) is 7.00. The Morgan fingerprint density at radius 2 is 2.09 bits per heavy atom. The molecule has 2 heterocycles. The number of rotatable bonds is 3. The molecule has 2 aliphatic rings. The van der Waals surface area contributed by atoms with E-state index in [-0.39, 0.29) is 24.7 Å². The number of nitrogens with two attached hydrogens (primary N) is 1. The third kappa shape index (κ3) is 2.45. The molecule has 1 unspecified atom stereocenters. The van der Waals surface area contributed by atoms with E-state index in [1.165, 1.54) is 4.90 Å². The predicted octanol–water partition coefficient (Wildman–Crippen LogP) is -0.525. The number of fused-ring (bicyclic) bond motifs is 1. The number of carbonyl (C=O) groups is 4. The van der Waals surface area contributed by atoms with Crippen LogP contribution in [-0.4, -0.2) is 34.6 Å². The van der Waals surface area contributed by atoms with Crippen LogP contribution in [0.3, 0.4) is 0 Å². The molecule has 2 aliphatic heterocycles. The first-order valence-corrected chi connectivity index (χ1v) is 7.00. The Hall–Kier alpha value is -2.70. The van der Waals surface area contributed by atoms with Gasteiger partial charge in [0.05, 0.1) is 6.42 Å². The number of carbonyl (C=O) groups excluding carboxylic acids is 4. The second-order valence-electron chi connectivity index (χ2n) is 5.53. The first-order chi connectivity index (χ1) is 10.5. The quantitative estimate of drug-likeness (QED) is 0.732. The molecule has 0 spiro atoms. The highest BCUT2D eigenvalue weighted by molar-refractivity contribution is 6.05. The Morgan fingerprint density at radius 1 is 1.32 bits per heavy atom. The van der Waals surface area contributed by atoms with Gasteiger partial charge in [-0.1, -0.05) is 12.1 Å². The molecule has 0 saturated carbocycles. The summed E-state index contributed by atoms with van der Waals surface area (Å²) in [6.07, 6.45) is 0.669. The summed E-state index contributed by atoms with van der Waals surface area (Å²) in [7, 11) is 0. The summed E-state index contributed by atoms with van der Waals surface area (Å²) in [6, 6.07) is 4.48. The van der Waals surface area contributed by atoms with Gasteiger partial charge in [-0.3, -0.25) is 24.5 Å². The molecule has 1 atom stereocenters. The maximum absolute atomic E-state index is 12.4. The topological polar surface area (TPSA) is 110 Å². The van der Waals surface area contributed by atoms with Crippen LogP contribution in [0.15, 0.2) is 18.2 Å². The lowest BCUT2D eigenvalue weighted by Crippen LogP contribution is -2.52. The number of hydrogen-bond acceptors (Lipinski definition) is 4. The number of primary amides is 1. The monoisotopic (exact) mass is 301 g/mol. The number of amides is 4. The Morgan fingerprint density at radius 3 is 2.77 bits per heavy atom. The van der Waals surface area contributed by atoms with Crippen molar-refractivity contribution in [1.29, 1.82) is 0 Å². The van der Waals surface area contributed by atoms with E-state index in [1.54, 1.807) is 18.2 Å². The van der Waals surface area contributed by atoms with Crippen LogP contribution in [0, 0.1) is 0 Å². The van der Waals surface area contributed by atoms with Crippen molar-refractivity contribution in [1.82, 2.24) is 10.2 Å². The van der Waals surface area contributed by atoms with Gasteiger partial charge in [0.1, 0.15) is 6.04 Å². The molecule has 0 radical (unpaired) electrons. The van der Waals surface area contributed by atoms with E-state index in [0.29, 0.717) is 18.5 Å². The molecule has 1 aromatic carbocycles. The van der Waals surface area contributed by atoms with Crippen LogP contribution < -0.4 is 11.1 Å². The molecule has 4 amide bonds. The molecule has 114 valence electrons. The molecule has 22 heavy (non-hydrogen) atoms. The molecule has 0 bridgehead atoms. The minimum atomic E-state index is -0.628. The van der Waals surface area contributed by atoms with E-state index < -0.39 is 17.9 Å². The fourth-order valence-corrected chi connectivity index (χ4v) is 2.94. The first kappa shape index (κ1) is 14.2. The highest BCUT2D eigenvalue weighted by Crippen LogP contribution is 2.28. The van der Waals surface area contributed by atoms with E-state index in [9.17, 15) is 19.2 Å². The lowest BCUT2D eigenvalue weighted by atomic mass is 10.0. The number of piperidine rings is 1. The fraction of sp³-hybridized carbons (Fsp3) is 0.333. The minimum absolute atomic E-state index is 0.111. The molecule has 1 aromatic rings. The van der Waals surface area contributed by atoms with Gasteiger partial charge in [-0.2, -0.15) is 0 Å². The highest BCUT2D eigenvalue weighted by atomic mass is 16.2. The fourth-order valence-electron chi connectivity index (χ4n) is 2.94. The summed E-state index contributed by atoms with van der Waals surface area (Å²) >= 11 is 0. The van der Waals surface area contributed by atoms with Crippen molar-refractivity contribution in [3.8, 4) is 0 Å². The molecular weight excluding hydrogens is 286 g/mol. The van der Waals surface area contributed by atoms with Crippen molar-refractivity contribution in [2.24, 2.45) is 5.73 Å².